The highest BCUT2D eigenvalue weighted by molar-refractivity contribution is 5.92. The maximum Gasteiger partial charge on any atom is 0.338 e. The predicted molar refractivity (Wildman–Crippen MR) is 394 cm³/mol. The van der Waals surface area contributed by atoms with Crippen LogP contribution in [-0.4, -0.2) is 147 Å². The molecule has 0 amide bonds. The normalized spacial score (nSPS) is 34.4. The second kappa shape index (κ2) is 34.0. The SMILES string of the molecule is CC(=O)CCC(=O)O[C@H]1[C@H](OCc2ccccc2)[C@@H](O[C@H]2O[C@H](COC(=O)c3ccccc3)[C@@H](OC(=O)c3ccccc3)[C@H](OC(=O)c3ccccc3)[C@@H]2OC(=O)c2ccccc2)[C@H](O[C@H]2CC[C@@]3(C)[C@H](C2)[C@@H](OC(C)=O)C[C@@H]2[C@@H]3CC[C@]3(C)[C@@H]4[C@H](C[C@@H]23)O[C@]2(CC[C@@H](C)CO2)[C@H]4C)O[C@@H]1COCc1ccccc1. The molecule has 23 atom stereocenters. The van der Waals surface area contributed by atoms with Gasteiger partial charge in [0.15, 0.2) is 42.8 Å². The van der Waals surface area contributed by atoms with E-state index in [1.165, 1.54) is 50.2 Å². The summed E-state index contributed by atoms with van der Waals surface area (Å²) in [5, 5.41) is 0. The van der Waals surface area contributed by atoms with E-state index in [0.29, 0.717) is 55.6 Å². The molecule has 4 aliphatic heterocycles. The zero-order valence-electron chi connectivity index (χ0n) is 62.8. The Morgan fingerprint density at radius 3 is 1.56 bits per heavy atom. The standard InChI is InChI=1S/C88H100O21/c1-53-39-44-88(99-48-53)55(3)73-69(109-88)47-66-64-46-68(100-56(4)90)67-45-63(40-42-86(67,5)65(64)41-43-87(66,73)6)101-84-78(76(97-50-58-27-15-8-16-28-58)74(104-72(91)38-37-54(2)89)70(102-84)51-96-49-57-25-13-7-14-26-57)108-85-79(107-83(95)62-35-23-12-24-36-62)77(106-82(94)61-33-21-11-22-34-61)75(105-81(93)60-31-19-10-20-32-60)71(103-85)52-98-80(92)59-29-17-9-18-30-59/h7-36,53,55,63-71,73-79,84-85H,37-52H2,1-6H3/t53-,55+,63+,64-,65+,66+,67-,68+,69+,70-,71-,73+,74-,75-,76+,77+,78-,79+,84-,85-,86-,87+,88-/m1/s1. The van der Waals surface area contributed by atoms with Crippen molar-refractivity contribution in [3.8, 4) is 0 Å². The Balaban J connectivity index is 0.865. The number of carbonyl (C=O) groups is 7. The molecule has 6 aromatic rings. The lowest BCUT2D eigenvalue weighted by Crippen LogP contribution is -2.67. The molecule has 109 heavy (non-hydrogen) atoms. The number of ether oxygens (including phenoxy) is 14. The number of rotatable bonds is 25. The molecule has 578 valence electrons. The van der Waals surface area contributed by atoms with Gasteiger partial charge in [-0.3, -0.25) is 9.59 Å². The second-order valence-electron chi connectivity index (χ2n) is 31.7. The summed E-state index contributed by atoms with van der Waals surface area (Å²) in [5.74, 6) is -3.90. The molecule has 4 saturated carbocycles. The molecule has 8 fully saturated rings. The van der Waals surface area contributed by atoms with Crippen molar-refractivity contribution < 1.29 is 99.9 Å². The van der Waals surface area contributed by atoms with Crippen LogP contribution in [0.15, 0.2) is 182 Å². The minimum absolute atomic E-state index is 0.0243. The van der Waals surface area contributed by atoms with Gasteiger partial charge in [-0.2, -0.15) is 0 Å². The van der Waals surface area contributed by atoms with Gasteiger partial charge in [0.05, 0.1) is 67.3 Å². The van der Waals surface area contributed by atoms with Crippen LogP contribution in [0, 0.1) is 52.3 Å². The van der Waals surface area contributed by atoms with E-state index in [2.05, 4.69) is 27.7 Å². The van der Waals surface area contributed by atoms with Gasteiger partial charge in [-0.1, -0.05) is 161 Å². The molecule has 8 aliphatic rings. The Bertz CT molecular complexity index is 4090. The van der Waals surface area contributed by atoms with Crippen molar-refractivity contribution >= 4 is 41.6 Å². The van der Waals surface area contributed by atoms with Crippen LogP contribution in [0.3, 0.4) is 0 Å². The molecule has 14 rings (SSSR count). The molecule has 6 aromatic carbocycles. The summed E-state index contributed by atoms with van der Waals surface area (Å²) in [5.41, 5.74) is 1.58. The first-order valence-electron chi connectivity index (χ1n) is 38.8. The smallest absolute Gasteiger partial charge is 0.338 e. The lowest BCUT2D eigenvalue weighted by molar-refractivity contribution is -0.377. The van der Waals surface area contributed by atoms with Gasteiger partial charge >= 0.3 is 35.8 Å². The van der Waals surface area contributed by atoms with Gasteiger partial charge in [-0.25, -0.2) is 19.2 Å². The third-order valence-corrected chi connectivity index (χ3v) is 24.8. The van der Waals surface area contributed by atoms with Crippen molar-refractivity contribution in [1.29, 1.82) is 0 Å². The zero-order valence-corrected chi connectivity index (χ0v) is 62.8. The van der Waals surface area contributed by atoms with Crippen molar-refractivity contribution in [2.45, 2.75) is 211 Å². The number of ketones is 1. The lowest BCUT2D eigenvalue weighted by Gasteiger charge is -2.63. The molecule has 1 spiro atoms. The van der Waals surface area contributed by atoms with Crippen LogP contribution < -0.4 is 0 Å². The number of hydrogen-bond donors (Lipinski definition) is 0. The lowest BCUT2D eigenvalue weighted by atomic mass is 9.43. The average Bonchev–Trinajstić information content (AvgIpc) is 1.56. The van der Waals surface area contributed by atoms with E-state index in [-0.39, 0.29) is 107 Å². The highest BCUT2D eigenvalue weighted by Crippen LogP contribution is 2.72. The summed E-state index contributed by atoms with van der Waals surface area (Å²) < 4.78 is 96.0. The molecule has 21 nitrogen and oxygen atoms in total. The topological polar surface area (TPSA) is 249 Å². The monoisotopic (exact) mass is 1490 g/mol. The van der Waals surface area contributed by atoms with Crippen LogP contribution in [0.1, 0.15) is 165 Å². The largest absolute Gasteiger partial charge is 0.462 e. The van der Waals surface area contributed by atoms with Gasteiger partial charge < -0.3 is 71.1 Å². The van der Waals surface area contributed by atoms with Crippen LogP contribution in [0.4, 0.5) is 0 Å². The number of benzene rings is 6. The highest BCUT2D eigenvalue weighted by Gasteiger charge is 2.71. The van der Waals surface area contributed by atoms with E-state index < -0.39 is 116 Å². The van der Waals surface area contributed by atoms with Crippen molar-refractivity contribution in [2.75, 3.05) is 19.8 Å². The fourth-order valence-corrected chi connectivity index (χ4v) is 19.4. The second-order valence-corrected chi connectivity index (χ2v) is 31.7. The van der Waals surface area contributed by atoms with Crippen LogP contribution >= 0.6 is 0 Å². The summed E-state index contributed by atoms with van der Waals surface area (Å²) in [6.07, 6.45) is -10.7. The number of hydrogen-bond acceptors (Lipinski definition) is 21. The van der Waals surface area contributed by atoms with Gasteiger partial charge in [-0.15, -0.1) is 0 Å². The van der Waals surface area contributed by atoms with Gasteiger partial charge in [0.2, 0.25) is 0 Å². The molecule has 4 heterocycles. The van der Waals surface area contributed by atoms with Crippen LogP contribution in [0.25, 0.3) is 0 Å². The molecule has 0 aromatic heterocycles. The van der Waals surface area contributed by atoms with Crippen LogP contribution in [0.2, 0.25) is 0 Å². The third-order valence-electron chi connectivity index (χ3n) is 24.8. The maximum absolute atomic E-state index is 15.1. The Morgan fingerprint density at radius 2 is 0.991 bits per heavy atom. The fourth-order valence-electron chi connectivity index (χ4n) is 19.4. The first-order chi connectivity index (χ1) is 52.7. The van der Waals surface area contributed by atoms with Crippen LogP contribution in [0.5, 0.6) is 0 Å². The number of Topliss-reactive ketones (excluding diaryl/α,β-unsaturated/α-hetero) is 1. The fraction of sp³-hybridized carbons (Fsp3) is 0.511. The van der Waals surface area contributed by atoms with Gasteiger partial charge in [0.1, 0.15) is 42.9 Å². The van der Waals surface area contributed by atoms with E-state index in [0.717, 1.165) is 37.7 Å². The molecule has 4 aliphatic carbocycles. The maximum atomic E-state index is 15.1. The molecule has 0 unspecified atom stereocenters. The number of esters is 6. The predicted octanol–water partition coefficient (Wildman–Crippen LogP) is 13.8. The van der Waals surface area contributed by atoms with Crippen molar-refractivity contribution in [1.82, 2.24) is 0 Å². The van der Waals surface area contributed by atoms with Gasteiger partial charge in [0.25, 0.3) is 0 Å². The molecule has 21 heteroatoms. The summed E-state index contributed by atoms with van der Waals surface area (Å²) in [6, 6.07) is 51.1. The third kappa shape index (κ3) is 17.1. The number of carbonyl (C=O) groups excluding carboxylic acids is 7. The van der Waals surface area contributed by atoms with E-state index in [1.54, 1.807) is 84.9 Å². The summed E-state index contributed by atoms with van der Waals surface area (Å²) >= 11 is 0. The molecule has 0 bridgehead atoms. The summed E-state index contributed by atoms with van der Waals surface area (Å²) in [4.78, 5) is 99.9. The quantitative estimate of drug-likeness (QED) is 0.0293. The van der Waals surface area contributed by atoms with E-state index in [1.807, 2.05) is 60.7 Å². The van der Waals surface area contributed by atoms with Gasteiger partial charge in [-0.05, 0) is 158 Å². The Hall–Kier alpha value is -8.51. The zero-order chi connectivity index (χ0) is 76.0. The van der Waals surface area contributed by atoms with Gasteiger partial charge in [0, 0.05) is 31.6 Å². The van der Waals surface area contributed by atoms with E-state index >= 15 is 4.79 Å². The minimum Gasteiger partial charge on any atom is -0.462 e. The molecule has 0 N–H and O–H groups in total. The first-order valence-corrected chi connectivity index (χ1v) is 38.8. The minimum atomic E-state index is -1.95. The van der Waals surface area contributed by atoms with Crippen molar-refractivity contribution in [3.05, 3.63) is 215 Å². The Morgan fingerprint density at radius 1 is 0.468 bits per heavy atom. The average molecular weight is 1490 g/mol. The molecular formula is C88H100O21. The van der Waals surface area contributed by atoms with Crippen LogP contribution in [-0.2, 0) is 93.9 Å². The summed E-state index contributed by atoms with van der Waals surface area (Å²) in [7, 11) is 0. The van der Waals surface area contributed by atoms with Crippen molar-refractivity contribution in [3.63, 3.8) is 0 Å². The summed E-state index contributed by atoms with van der Waals surface area (Å²) in [6.45, 7) is 12.1. The Labute approximate surface area is 636 Å². The molecule has 0 radical (unpaired) electrons. The first kappa shape index (κ1) is 77.2. The van der Waals surface area contributed by atoms with E-state index in [4.69, 9.17) is 66.3 Å². The van der Waals surface area contributed by atoms with Crippen molar-refractivity contribution in [2.24, 2.45) is 52.3 Å². The Kier molecular flexibility index (Phi) is 24.1. The molecule has 4 saturated heterocycles. The van der Waals surface area contributed by atoms with E-state index in [9.17, 15) is 28.8 Å². The highest BCUT2D eigenvalue weighted by atomic mass is 16.8. The molecular weight excluding hydrogens is 1390 g/mol. The number of fused-ring (bicyclic) bond motifs is 7.